The van der Waals surface area contributed by atoms with Gasteiger partial charge in [-0.25, -0.2) is 9.13 Å². The first kappa shape index (κ1) is 14.8. The lowest BCUT2D eigenvalue weighted by Crippen LogP contribution is -2.33. The fourth-order valence-electron chi connectivity index (χ4n) is 1.33. The molecular formula is C8H14O7P2. The Morgan fingerprint density at radius 1 is 1.24 bits per heavy atom. The predicted molar refractivity (Wildman–Crippen MR) is 59.9 cm³/mol. The van der Waals surface area contributed by atoms with E-state index in [1.807, 2.05) is 0 Å². The molecule has 0 fully saturated rings. The second kappa shape index (κ2) is 4.78. The normalized spacial score (nSPS) is 32.4. The SMILES string of the molecule is CC1C=CC=CC1(C)OP(=O)(O)OP(=O)(O)O. The molecule has 0 amide bonds. The maximum atomic E-state index is 11.4. The van der Waals surface area contributed by atoms with Crippen molar-refractivity contribution >= 4 is 15.6 Å². The maximum Gasteiger partial charge on any atom is 0.481 e. The largest absolute Gasteiger partial charge is 0.481 e. The fraction of sp³-hybridized carbons (Fsp3) is 0.500. The van der Waals surface area contributed by atoms with Crippen molar-refractivity contribution in [1.29, 1.82) is 0 Å². The van der Waals surface area contributed by atoms with Gasteiger partial charge in [0.1, 0.15) is 5.60 Å². The van der Waals surface area contributed by atoms with Crippen LogP contribution < -0.4 is 0 Å². The molecule has 0 radical (unpaired) electrons. The zero-order valence-corrected chi connectivity index (χ0v) is 11.0. The zero-order valence-electron chi connectivity index (χ0n) is 9.26. The molecule has 0 aromatic rings. The van der Waals surface area contributed by atoms with Gasteiger partial charge in [-0.3, -0.25) is 4.52 Å². The van der Waals surface area contributed by atoms with Crippen LogP contribution in [0.3, 0.4) is 0 Å². The van der Waals surface area contributed by atoms with E-state index in [0.717, 1.165) is 0 Å². The van der Waals surface area contributed by atoms with Crippen LogP contribution >= 0.6 is 15.6 Å². The molecule has 0 aromatic carbocycles. The van der Waals surface area contributed by atoms with Crippen LogP contribution in [-0.2, 0) is 18.0 Å². The van der Waals surface area contributed by atoms with Gasteiger partial charge in [0, 0.05) is 5.92 Å². The van der Waals surface area contributed by atoms with E-state index < -0.39 is 21.2 Å². The molecule has 1 rings (SSSR count). The molecule has 98 valence electrons. The molecule has 0 saturated heterocycles. The minimum Gasteiger partial charge on any atom is -0.302 e. The van der Waals surface area contributed by atoms with Crippen LogP contribution in [0.25, 0.3) is 0 Å². The van der Waals surface area contributed by atoms with Gasteiger partial charge in [0.2, 0.25) is 0 Å². The van der Waals surface area contributed by atoms with E-state index in [2.05, 4.69) is 4.31 Å². The third kappa shape index (κ3) is 4.48. The zero-order chi connectivity index (χ0) is 13.3. The first-order valence-electron chi connectivity index (χ1n) is 4.71. The Labute approximate surface area is 98.6 Å². The molecule has 0 bridgehead atoms. The van der Waals surface area contributed by atoms with Gasteiger partial charge in [0.05, 0.1) is 0 Å². The lowest BCUT2D eigenvalue weighted by atomic mass is 9.87. The minimum absolute atomic E-state index is 0.242. The van der Waals surface area contributed by atoms with Crippen LogP contribution in [0, 0.1) is 5.92 Å². The standard InChI is InChI=1S/C8H14O7P2/c1-7-5-3-4-6-8(7,2)14-17(12,13)15-16(9,10)11/h3-7H,1-2H3,(H,12,13)(H2,9,10,11). The highest BCUT2D eigenvalue weighted by Crippen LogP contribution is 2.60. The summed E-state index contributed by atoms with van der Waals surface area (Å²) in [6.07, 6.45) is 6.60. The summed E-state index contributed by atoms with van der Waals surface area (Å²) >= 11 is 0. The summed E-state index contributed by atoms with van der Waals surface area (Å²) < 4.78 is 30.5. The van der Waals surface area contributed by atoms with Crippen molar-refractivity contribution in [2.45, 2.75) is 19.4 Å². The molecule has 0 spiro atoms. The van der Waals surface area contributed by atoms with Crippen molar-refractivity contribution in [3.63, 3.8) is 0 Å². The lowest BCUT2D eigenvalue weighted by molar-refractivity contribution is 0.0584. The molecule has 1 aliphatic carbocycles. The Morgan fingerprint density at radius 3 is 2.29 bits per heavy atom. The Morgan fingerprint density at radius 2 is 1.82 bits per heavy atom. The van der Waals surface area contributed by atoms with E-state index in [-0.39, 0.29) is 5.92 Å². The molecule has 0 heterocycles. The first-order valence-corrected chi connectivity index (χ1v) is 7.73. The summed E-state index contributed by atoms with van der Waals surface area (Å²) in [6, 6.07) is 0. The van der Waals surface area contributed by atoms with Crippen LogP contribution in [-0.4, -0.2) is 20.3 Å². The van der Waals surface area contributed by atoms with Crippen LogP contribution in [0.1, 0.15) is 13.8 Å². The molecule has 3 unspecified atom stereocenters. The third-order valence-electron chi connectivity index (χ3n) is 2.36. The van der Waals surface area contributed by atoms with Crippen LogP contribution in [0.2, 0.25) is 0 Å². The number of allylic oxidation sites excluding steroid dienone is 2. The molecule has 0 aliphatic heterocycles. The number of hydrogen-bond donors (Lipinski definition) is 3. The van der Waals surface area contributed by atoms with Crippen molar-refractivity contribution in [2.24, 2.45) is 5.92 Å². The fourth-order valence-corrected chi connectivity index (χ4v) is 3.27. The molecule has 0 saturated carbocycles. The van der Waals surface area contributed by atoms with E-state index in [4.69, 9.17) is 14.3 Å². The summed E-state index contributed by atoms with van der Waals surface area (Å²) in [5.41, 5.74) is -1.16. The van der Waals surface area contributed by atoms with Gasteiger partial charge >= 0.3 is 15.6 Å². The molecule has 7 nitrogen and oxygen atoms in total. The second-order valence-electron chi connectivity index (χ2n) is 3.85. The highest BCUT2D eigenvalue weighted by molar-refractivity contribution is 7.60. The van der Waals surface area contributed by atoms with Crippen molar-refractivity contribution < 1.29 is 32.6 Å². The molecule has 17 heavy (non-hydrogen) atoms. The van der Waals surface area contributed by atoms with E-state index >= 15 is 0 Å². The monoisotopic (exact) mass is 284 g/mol. The van der Waals surface area contributed by atoms with Crippen LogP contribution in [0.4, 0.5) is 0 Å². The Balaban J connectivity index is 2.84. The molecule has 9 heteroatoms. The average molecular weight is 284 g/mol. The summed E-state index contributed by atoms with van der Waals surface area (Å²) in [5.74, 6) is -0.242. The van der Waals surface area contributed by atoms with Gasteiger partial charge in [0.15, 0.2) is 0 Å². The van der Waals surface area contributed by atoms with Gasteiger partial charge in [-0.05, 0) is 6.92 Å². The summed E-state index contributed by atoms with van der Waals surface area (Å²) in [5, 5.41) is 0. The minimum atomic E-state index is -5.08. The Bertz CT molecular complexity index is 437. The van der Waals surface area contributed by atoms with Gasteiger partial charge < -0.3 is 14.7 Å². The van der Waals surface area contributed by atoms with Crippen LogP contribution in [0.15, 0.2) is 24.3 Å². The highest BCUT2D eigenvalue weighted by atomic mass is 31.3. The summed E-state index contributed by atoms with van der Waals surface area (Å²) in [6.45, 7) is 3.25. The molecule has 3 N–H and O–H groups in total. The second-order valence-corrected chi connectivity index (χ2v) is 6.60. The number of phosphoric acid groups is 2. The van der Waals surface area contributed by atoms with Gasteiger partial charge in [0.25, 0.3) is 0 Å². The van der Waals surface area contributed by atoms with Crippen molar-refractivity contribution in [2.75, 3.05) is 0 Å². The van der Waals surface area contributed by atoms with E-state index in [1.54, 1.807) is 25.2 Å². The molecule has 1 aliphatic rings. The van der Waals surface area contributed by atoms with Gasteiger partial charge in [-0.2, -0.15) is 4.31 Å². The summed E-state index contributed by atoms with van der Waals surface area (Å²) in [4.78, 5) is 26.2. The summed E-state index contributed by atoms with van der Waals surface area (Å²) in [7, 11) is -9.92. The number of phosphoric ester groups is 1. The smallest absolute Gasteiger partial charge is 0.302 e. The quantitative estimate of drug-likeness (QED) is 0.673. The topological polar surface area (TPSA) is 113 Å². The van der Waals surface area contributed by atoms with E-state index in [0.29, 0.717) is 0 Å². The third-order valence-corrected chi connectivity index (χ3v) is 4.66. The molecule has 0 aromatic heterocycles. The van der Waals surface area contributed by atoms with E-state index in [1.165, 1.54) is 13.0 Å². The van der Waals surface area contributed by atoms with Crippen molar-refractivity contribution in [1.82, 2.24) is 0 Å². The molecular weight excluding hydrogens is 270 g/mol. The van der Waals surface area contributed by atoms with Gasteiger partial charge in [-0.15, -0.1) is 0 Å². The predicted octanol–water partition coefficient (Wildman–Crippen LogP) is 1.73. The highest BCUT2D eigenvalue weighted by Gasteiger charge is 2.41. The Kier molecular flexibility index (Phi) is 4.16. The number of rotatable bonds is 4. The molecule has 3 atom stereocenters. The van der Waals surface area contributed by atoms with Crippen molar-refractivity contribution in [3.8, 4) is 0 Å². The van der Waals surface area contributed by atoms with Crippen LogP contribution in [0.5, 0.6) is 0 Å². The average Bonchev–Trinajstić information content (AvgIpc) is 2.04. The lowest BCUT2D eigenvalue weighted by Gasteiger charge is -2.33. The number of hydrogen-bond acceptors (Lipinski definition) is 4. The first-order chi connectivity index (χ1) is 7.54. The van der Waals surface area contributed by atoms with Crippen molar-refractivity contribution in [3.05, 3.63) is 24.3 Å². The Hall–Kier alpha value is -0.260. The van der Waals surface area contributed by atoms with Gasteiger partial charge in [-0.1, -0.05) is 31.2 Å². The maximum absolute atomic E-state index is 11.4. The van der Waals surface area contributed by atoms with E-state index in [9.17, 15) is 14.0 Å².